The van der Waals surface area contributed by atoms with E-state index in [4.69, 9.17) is 13.6 Å². The lowest BCUT2D eigenvalue weighted by Gasteiger charge is -2.24. The van der Waals surface area contributed by atoms with Crippen LogP contribution in [-0.2, 0) is 13.2 Å². The maximum Gasteiger partial charge on any atom is 0.291 e. The van der Waals surface area contributed by atoms with Crippen LogP contribution in [0.2, 0.25) is 0 Å². The van der Waals surface area contributed by atoms with Gasteiger partial charge in [0.1, 0.15) is 23.7 Å². The standard InChI is InChI=1S/C29H20BrNO5/c30-20-10-13-24-23(15-20)27(32)25-26(31(29(33)28(25)36-24)16-22-7-4-14-34-22)19-8-11-21(12-9-19)35-17-18-5-2-1-3-6-18/h1-15,26H,16-17H2. The van der Waals surface area contributed by atoms with E-state index < -0.39 is 6.04 Å². The van der Waals surface area contributed by atoms with Crippen molar-refractivity contribution in [1.29, 1.82) is 0 Å². The molecular weight excluding hydrogens is 522 g/mol. The van der Waals surface area contributed by atoms with Gasteiger partial charge in [-0.05, 0) is 53.6 Å². The molecule has 0 aliphatic carbocycles. The first kappa shape index (κ1) is 22.4. The van der Waals surface area contributed by atoms with Gasteiger partial charge in [-0.25, -0.2) is 0 Å². The van der Waals surface area contributed by atoms with Gasteiger partial charge >= 0.3 is 0 Å². The molecule has 1 atom stereocenters. The van der Waals surface area contributed by atoms with E-state index in [1.54, 1.807) is 41.5 Å². The predicted octanol–water partition coefficient (Wildman–Crippen LogP) is 6.47. The number of furan rings is 1. The fourth-order valence-corrected chi connectivity index (χ4v) is 4.92. The van der Waals surface area contributed by atoms with Crippen molar-refractivity contribution in [1.82, 2.24) is 4.90 Å². The molecule has 7 heteroatoms. The van der Waals surface area contributed by atoms with Gasteiger partial charge < -0.3 is 18.5 Å². The lowest BCUT2D eigenvalue weighted by molar-refractivity contribution is 0.0701. The summed E-state index contributed by atoms with van der Waals surface area (Å²) in [4.78, 5) is 28.8. The summed E-state index contributed by atoms with van der Waals surface area (Å²) >= 11 is 3.43. The number of fused-ring (bicyclic) bond motifs is 2. The van der Waals surface area contributed by atoms with Crippen LogP contribution in [0.15, 0.2) is 109 Å². The number of nitrogens with zero attached hydrogens (tertiary/aromatic N) is 1. The van der Waals surface area contributed by atoms with Crippen molar-refractivity contribution in [3.8, 4) is 5.75 Å². The minimum Gasteiger partial charge on any atom is -0.489 e. The number of halogens is 1. The van der Waals surface area contributed by atoms with Gasteiger partial charge in [0.05, 0.1) is 29.8 Å². The summed E-state index contributed by atoms with van der Waals surface area (Å²) in [6.07, 6.45) is 1.56. The van der Waals surface area contributed by atoms with E-state index in [2.05, 4.69) is 15.9 Å². The molecule has 6 rings (SSSR count). The van der Waals surface area contributed by atoms with Crippen LogP contribution < -0.4 is 10.2 Å². The van der Waals surface area contributed by atoms with Crippen molar-refractivity contribution in [3.63, 3.8) is 0 Å². The number of ether oxygens (including phenoxy) is 1. The number of hydrogen-bond donors (Lipinski definition) is 0. The SMILES string of the molecule is O=C1c2oc3ccc(Br)cc3c(=O)c2C(c2ccc(OCc3ccccc3)cc2)N1Cc1ccco1. The van der Waals surface area contributed by atoms with Crippen LogP contribution in [0.5, 0.6) is 5.75 Å². The van der Waals surface area contributed by atoms with Crippen LogP contribution in [0.4, 0.5) is 0 Å². The first-order valence-corrected chi connectivity index (χ1v) is 12.2. The molecule has 3 heterocycles. The summed E-state index contributed by atoms with van der Waals surface area (Å²) in [6.45, 7) is 0.645. The highest BCUT2D eigenvalue weighted by Gasteiger charge is 2.43. The van der Waals surface area contributed by atoms with Crippen LogP contribution >= 0.6 is 15.9 Å². The molecule has 0 saturated heterocycles. The maximum atomic E-state index is 13.7. The van der Waals surface area contributed by atoms with E-state index in [0.717, 1.165) is 15.6 Å². The van der Waals surface area contributed by atoms with E-state index in [0.29, 0.717) is 34.6 Å². The Kier molecular flexibility index (Phi) is 5.70. The summed E-state index contributed by atoms with van der Waals surface area (Å²) in [5.74, 6) is 1.02. The number of hydrogen-bond acceptors (Lipinski definition) is 5. The number of carbonyl (C=O) groups is 1. The van der Waals surface area contributed by atoms with Gasteiger partial charge in [-0.15, -0.1) is 0 Å². The molecule has 1 aliphatic rings. The van der Waals surface area contributed by atoms with Gasteiger partial charge in [-0.2, -0.15) is 0 Å². The third-order valence-corrected chi connectivity index (χ3v) is 6.77. The second-order valence-corrected chi connectivity index (χ2v) is 9.49. The number of carbonyl (C=O) groups excluding carboxylic acids is 1. The van der Waals surface area contributed by atoms with Crippen LogP contribution in [0.1, 0.15) is 39.0 Å². The Labute approximate surface area is 214 Å². The van der Waals surface area contributed by atoms with E-state index in [-0.39, 0.29) is 23.6 Å². The van der Waals surface area contributed by atoms with Gasteiger partial charge in [-0.1, -0.05) is 58.4 Å². The van der Waals surface area contributed by atoms with Crippen molar-refractivity contribution in [3.05, 3.63) is 134 Å². The maximum absolute atomic E-state index is 13.7. The molecule has 178 valence electrons. The van der Waals surface area contributed by atoms with Crippen LogP contribution in [0, 0.1) is 0 Å². The molecule has 36 heavy (non-hydrogen) atoms. The molecule has 0 saturated carbocycles. The highest BCUT2D eigenvalue weighted by molar-refractivity contribution is 9.10. The van der Waals surface area contributed by atoms with Crippen LogP contribution in [-0.4, -0.2) is 10.8 Å². The summed E-state index contributed by atoms with van der Waals surface area (Å²) < 4.78 is 18.2. The first-order valence-electron chi connectivity index (χ1n) is 11.4. The van der Waals surface area contributed by atoms with Gasteiger partial charge in [0.15, 0.2) is 5.43 Å². The Bertz CT molecular complexity index is 1610. The fraction of sp³-hybridized carbons (Fsp3) is 0.103. The first-order chi connectivity index (χ1) is 17.6. The quantitative estimate of drug-likeness (QED) is 0.246. The molecule has 1 unspecified atom stereocenters. The average molecular weight is 542 g/mol. The average Bonchev–Trinajstić information content (AvgIpc) is 3.51. The van der Waals surface area contributed by atoms with E-state index in [9.17, 15) is 9.59 Å². The topological polar surface area (TPSA) is 72.9 Å². The molecule has 0 fully saturated rings. The Balaban J connectivity index is 1.40. The Morgan fingerprint density at radius 2 is 1.72 bits per heavy atom. The Morgan fingerprint density at radius 3 is 2.47 bits per heavy atom. The summed E-state index contributed by atoms with van der Waals surface area (Å²) in [6, 6.07) is 25.5. The predicted molar refractivity (Wildman–Crippen MR) is 138 cm³/mol. The van der Waals surface area contributed by atoms with E-state index in [1.165, 1.54) is 0 Å². The Hall–Kier alpha value is -4.10. The molecule has 0 radical (unpaired) electrons. The smallest absolute Gasteiger partial charge is 0.291 e. The number of amides is 1. The largest absolute Gasteiger partial charge is 0.489 e. The van der Waals surface area contributed by atoms with Crippen LogP contribution in [0.3, 0.4) is 0 Å². The van der Waals surface area contributed by atoms with E-state index >= 15 is 0 Å². The monoisotopic (exact) mass is 541 g/mol. The highest BCUT2D eigenvalue weighted by atomic mass is 79.9. The van der Waals surface area contributed by atoms with Gasteiger partial charge in [0, 0.05) is 4.47 Å². The zero-order chi connectivity index (χ0) is 24.6. The Morgan fingerprint density at radius 1 is 0.917 bits per heavy atom. The molecule has 2 aromatic heterocycles. The minimum absolute atomic E-state index is 0.0655. The lowest BCUT2D eigenvalue weighted by Crippen LogP contribution is -2.29. The van der Waals surface area contributed by atoms with Crippen molar-refractivity contribution < 1.29 is 18.4 Å². The van der Waals surface area contributed by atoms with E-state index in [1.807, 2.05) is 54.6 Å². The second-order valence-electron chi connectivity index (χ2n) is 8.57. The molecule has 5 aromatic rings. The van der Waals surface area contributed by atoms with Crippen molar-refractivity contribution in [2.75, 3.05) is 0 Å². The van der Waals surface area contributed by atoms with Gasteiger partial charge in [0.25, 0.3) is 5.91 Å². The fourth-order valence-electron chi connectivity index (χ4n) is 4.56. The minimum atomic E-state index is -0.625. The second kappa shape index (κ2) is 9.17. The summed E-state index contributed by atoms with van der Waals surface area (Å²) in [5.41, 5.74) is 2.32. The number of benzene rings is 3. The van der Waals surface area contributed by atoms with Crippen LogP contribution in [0.25, 0.3) is 11.0 Å². The van der Waals surface area contributed by atoms with Gasteiger partial charge in [0.2, 0.25) is 5.76 Å². The molecule has 0 spiro atoms. The zero-order valence-corrected chi connectivity index (χ0v) is 20.6. The molecule has 0 bridgehead atoms. The number of rotatable bonds is 6. The third-order valence-electron chi connectivity index (χ3n) is 6.28. The highest BCUT2D eigenvalue weighted by Crippen LogP contribution is 2.39. The molecule has 6 nitrogen and oxygen atoms in total. The lowest BCUT2D eigenvalue weighted by atomic mass is 9.98. The van der Waals surface area contributed by atoms with Gasteiger partial charge in [-0.3, -0.25) is 9.59 Å². The molecule has 0 N–H and O–H groups in total. The van der Waals surface area contributed by atoms with Crippen molar-refractivity contribution in [2.24, 2.45) is 0 Å². The molecule has 3 aromatic carbocycles. The summed E-state index contributed by atoms with van der Waals surface area (Å²) in [7, 11) is 0. The zero-order valence-electron chi connectivity index (χ0n) is 19.0. The summed E-state index contributed by atoms with van der Waals surface area (Å²) in [5, 5.41) is 0.420. The van der Waals surface area contributed by atoms with Crippen molar-refractivity contribution in [2.45, 2.75) is 19.2 Å². The molecule has 1 amide bonds. The third kappa shape index (κ3) is 4.01. The molecular formula is C29H20BrNO5. The van der Waals surface area contributed by atoms with Crippen molar-refractivity contribution >= 4 is 32.8 Å². The normalized spacial score (nSPS) is 14.9. The molecule has 1 aliphatic heterocycles.